The Morgan fingerprint density at radius 2 is 2.17 bits per heavy atom. The topological polar surface area (TPSA) is 92.7 Å². The van der Waals surface area contributed by atoms with Crippen molar-refractivity contribution in [1.82, 2.24) is 4.72 Å². The minimum Gasteiger partial charge on any atom is -0.497 e. The summed E-state index contributed by atoms with van der Waals surface area (Å²) in [6, 6.07) is 7.46. The van der Waals surface area contributed by atoms with E-state index in [1.165, 1.54) is 12.0 Å². The van der Waals surface area contributed by atoms with Gasteiger partial charge >= 0.3 is 5.97 Å². The van der Waals surface area contributed by atoms with E-state index in [0.29, 0.717) is 24.7 Å². The van der Waals surface area contributed by atoms with Crippen molar-refractivity contribution < 1.29 is 23.1 Å². The minimum absolute atomic E-state index is 0.0216. The number of nitrogens with one attached hydrogen (secondary N) is 1. The molecule has 3 rings (SSSR count). The summed E-state index contributed by atoms with van der Waals surface area (Å²) < 4.78 is 33.0. The standard InChI is InChI=1S/C23H31NO5S/c1-29-20-7-5-6-17(14-20)12-13-30(27,28)24-16-22-19-11-10-18(15-19)21(22)8-3-2-4-9-23(25)26/h3,5-8,14,16,18-19,21,24H,2,4,9-13,15H2,1H3,(H,25,26). The van der Waals surface area contributed by atoms with Gasteiger partial charge in [-0.2, -0.15) is 0 Å². The fourth-order valence-electron chi connectivity index (χ4n) is 4.58. The molecule has 1 aromatic rings. The lowest BCUT2D eigenvalue weighted by Gasteiger charge is -2.22. The molecule has 3 atom stereocenters. The molecule has 0 saturated heterocycles. The molecule has 30 heavy (non-hydrogen) atoms. The number of aliphatic carboxylic acids is 1. The van der Waals surface area contributed by atoms with Gasteiger partial charge in [-0.15, -0.1) is 0 Å². The number of sulfonamides is 1. The van der Waals surface area contributed by atoms with Crippen LogP contribution in [-0.2, 0) is 21.2 Å². The van der Waals surface area contributed by atoms with Crippen molar-refractivity contribution in [3.63, 3.8) is 0 Å². The van der Waals surface area contributed by atoms with Crippen LogP contribution in [0.4, 0.5) is 0 Å². The van der Waals surface area contributed by atoms with E-state index in [9.17, 15) is 13.2 Å². The van der Waals surface area contributed by atoms with Crippen LogP contribution in [0.3, 0.4) is 0 Å². The van der Waals surface area contributed by atoms with Crippen molar-refractivity contribution in [2.75, 3.05) is 12.9 Å². The number of carboxylic acids is 1. The number of rotatable bonds is 11. The predicted molar refractivity (Wildman–Crippen MR) is 117 cm³/mol. The molecule has 2 aliphatic rings. The number of methoxy groups -OCH3 is 1. The van der Waals surface area contributed by atoms with Gasteiger partial charge in [-0.05, 0) is 73.6 Å². The maximum absolute atomic E-state index is 12.5. The van der Waals surface area contributed by atoms with Gasteiger partial charge in [0, 0.05) is 18.5 Å². The van der Waals surface area contributed by atoms with E-state index < -0.39 is 16.0 Å². The Morgan fingerprint density at radius 1 is 1.33 bits per heavy atom. The molecule has 2 saturated carbocycles. The molecule has 0 aromatic heterocycles. The van der Waals surface area contributed by atoms with E-state index in [1.807, 2.05) is 24.3 Å². The molecule has 2 N–H and O–H groups in total. The zero-order valence-corrected chi connectivity index (χ0v) is 18.2. The third-order valence-electron chi connectivity index (χ3n) is 6.14. The molecule has 2 fully saturated rings. The number of hydrogen-bond donors (Lipinski definition) is 2. The molecule has 164 valence electrons. The van der Waals surface area contributed by atoms with Crippen molar-refractivity contribution in [3.8, 4) is 5.75 Å². The minimum atomic E-state index is -3.42. The average molecular weight is 434 g/mol. The first kappa shape index (κ1) is 22.4. The quantitative estimate of drug-likeness (QED) is 0.408. The van der Waals surface area contributed by atoms with Crippen LogP contribution in [0.2, 0.25) is 0 Å². The highest BCUT2D eigenvalue weighted by Gasteiger charge is 2.42. The van der Waals surface area contributed by atoms with E-state index in [2.05, 4.69) is 16.9 Å². The zero-order chi connectivity index (χ0) is 21.6. The molecule has 7 heteroatoms. The molecule has 0 heterocycles. The van der Waals surface area contributed by atoms with Crippen LogP contribution < -0.4 is 9.46 Å². The lowest BCUT2D eigenvalue weighted by Crippen LogP contribution is -2.24. The second-order valence-corrected chi connectivity index (χ2v) is 10.1. The van der Waals surface area contributed by atoms with E-state index in [1.54, 1.807) is 13.3 Å². The van der Waals surface area contributed by atoms with E-state index in [4.69, 9.17) is 9.84 Å². The number of carboxylic acid groups (broad SMARTS) is 1. The van der Waals surface area contributed by atoms with Gasteiger partial charge in [0.15, 0.2) is 0 Å². The molecule has 3 unspecified atom stereocenters. The lowest BCUT2D eigenvalue weighted by molar-refractivity contribution is -0.137. The predicted octanol–water partition coefficient (Wildman–Crippen LogP) is 3.90. The first-order valence-electron chi connectivity index (χ1n) is 10.6. The second-order valence-electron chi connectivity index (χ2n) is 8.19. The van der Waals surface area contributed by atoms with Gasteiger partial charge in [0.25, 0.3) is 0 Å². The number of fused-ring (bicyclic) bond motifs is 2. The van der Waals surface area contributed by atoms with Crippen molar-refractivity contribution in [2.24, 2.45) is 17.8 Å². The summed E-state index contributed by atoms with van der Waals surface area (Å²) in [5.41, 5.74) is 2.10. The Kier molecular flexibility index (Phi) is 7.58. The highest BCUT2D eigenvalue weighted by atomic mass is 32.2. The number of benzene rings is 1. The summed E-state index contributed by atoms with van der Waals surface area (Å²) in [4.78, 5) is 10.6. The average Bonchev–Trinajstić information content (AvgIpc) is 3.32. The molecule has 2 bridgehead atoms. The van der Waals surface area contributed by atoms with Gasteiger partial charge in [0.05, 0.1) is 12.9 Å². The summed E-state index contributed by atoms with van der Waals surface area (Å²) in [6.07, 6.45) is 11.3. The monoisotopic (exact) mass is 433 g/mol. The van der Waals surface area contributed by atoms with Crippen molar-refractivity contribution in [1.29, 1.82) is 0 Å². The van der Waals surface area contributed by atoms with E-state index in [0.717, 1.165) is 30.6 Å². The Morgan fingerprint density at radius 3 is 2.93 bits per heavy atom. The molecular weight excluding hydrogens is 402 g/mol. The Bertz CT molecular complexity index is 906. The third-order valence-corrected chi connectivity index (χ3v) is 7.36. The van der Waals surface area contributed by atoms with Gasteiger partial charge < -0.3 is 9.84 Å². The van der Waals surface area contributed by atoms with Gasteiger partial charge in [-0.1, -0.05) is 24.3 Å². The first-order chi connectivity index (χ1) is 14.4. The van der Waals surface area contributed by atoms with Crippen molar-refractivity contribution in [2.45, 2.75) is 44.9 Å². The molecular formula is C23H31NO5S. The molecule has 0 radical (unpaired) electrons. The summed E-state index contributed by atoms with van der Waals surface area (Å²) in [7, 11) is -1.83. The Balaban J connectivity index is 1.58. The second kappa shape index (κ2) is 10.2. The van der Waals surface area contributed by atoms with Crippen LogP contribution in [0.25, 0.3) is 0 Å². The summed E-state index contributed by atoms with van der Waals surface area (Å²) in [5, 5.41) is 8.74. The van der Waals surface area contributed by atoms with E-state index in [-0.39, 0.29) is 18.1 Å². The van der Waals surface area contributed by atoms with Crippen LogP contribution in [0.15, 0.2) is 48.2 Å². The fraction of sp³-hybridized carbons (Fsp3) is 0.522. The smallest absolute Gasteiger partial charge is 0.303 e. The van der Waals surface area contributed by atoms with Crippen LogP contribution in [0, 0.1) is 17.8 Å². The molecule has 0 spiro atoms. The van der Waals surface area contributed by atoms with Crippen LogP contribution in [0.1, 0.15) is 44.1 Å². The van der Waals surface area contributed by atoms with Crippen molar-refractivity contribution in [3.05, 3.63) is 53.8 Å². The largest absolute Gasteiger partial charge is 0.497 e. The van der Waals surface area contributed by atoms with Crippen LogP contribution in [0.5, 0.6) is 5.75 Å². The molecule has 6 nitrogen and oxygen atoms in total. The third kappa shape index (κ3) is 6.11. The first-order valence-corrected chi connectivity index (χ1v) is 12.2. The lowest BCUT2D eigenvalue weighted by atomic mass is 9.84. The summed E-state index contributed by atoms with van der Waals surface area (Å²) in [5.74, 6) is 1.25. The number of allylic oxidation sites excluding steroid dienone is 3. The van der Waals surface area contributed by atoms with E-state index >= 15 is 0 Å². The molecule has 1 aromatic carbocycles. The van der Waals surface area contributed by atoms with Gasteiger partial charge in [0.2, 0.25) is 10.0 Å². The maximum atomic E-state index is 12.5. The highest BCUT2D eigenvalue weighted by molar-refractivity contribution is 7.89. The SMILES string of the molecule is COc1cccc(CCS(=O)(=O)NC=C2C3CCC(C3)C2C=CCCCC(=O)O)c1. The Labute approximate surface area is 179 Å². The number of unbranched alkanes of at least 4 members (excludes halogenated alkanes) is 1. The fourth-order valence-corrected chi connectivity index (χ4v) is 5.52. The Hall–Kier alpha value is -2.28. The maximum Gasteiger partial charge on any atom is 0.303 e. The summed E-state index contributed by atoms with van der Waals surface area (Å²) in [6.45, 7) is 0. The number of ether oxygens (including phenoxy) is 1. The van der Waals surface area contributed by atoms with Gasteiger partial charge in [0.1, 0.15) is 5.75 Å². The summed E-state index contributed by atoms with van der Waals surface area (Å²) >= 11 is 0. The number of carbonyl (C=O) groups is 1. The number of aryl methyl sites for hydroxylation is 1. The van der Waals surface area contributed by atoms with Crippen LogP contribution in [-0.4, -0.2) is 32.4 Å². The van der Waals surface area contributed by atoms with Gasteiger partial charge in [-0.25, -0.2) is 8.42 Å². The highest BCUT2D eigenvalue weighted by Crippen LogP contribution is 2.52. The zero-order valence-electron chi connectivity index (χ0n) is 17.4. The normalized spacial score (nSPS) is 24.6. The molecule has 2 aliphatic carbocycles. The number of hydrogen-bond acceptors (Lipinski definition) is 4. The molecule has 0 amide bonds. The van der Waals surface area contributed by atoms with Crippen LogP contribution >= 0.6 is 0 Å². The molecule has 0 aliphatic heterocycles. The van der Waals surface area contributed by atoms with Gasteiger partial charge in [-0.3, -0.25) is 9.52 Å². The van der Waals surface area contributed by atoms with Crippen molar-refractivity contribution >= 4 is 16.0 Å².